The van der Waals surface area contributed by atoms with Crippen LogP contribution in [0.2, 0.25) is 0 Å². The molecule has 4 nitrogen and oxygen atoms in total. The largest absolute Gasteiger partial charge is 0.508 e. The van der Waals surface area contributed by atoms with E-state index in [2.05, 4.69) is 6.92 Å². The van der Waals surface area contributed by atoms with Gasteiger partial charge in [0, 0.05) is 6.07 Å². The van der Waals surface area contributed by atoms with Crippen LogP contribution in [0.4, 0.5) is 0 Å². The number of rotatable bonds is 15. The Morgan fingerprint density at radius 3 is 1.78 bits per heavy atom. The predicted octanol–water partition coefficient (Wildman–Crippen LogP) is 6.52. The van der Waals surface area contributed by atoms with Crippen molar-refractivity contribution in [2.75, 3.05) is 7.11 Å². The summed E-state index contributed by atoms with van der Waals surface area (Å²) in [6.07, 6.45) is 17.4. The monoisotopic (exact) mass is 378 g/mol. The molecule has 0 unspecified atom stereocenters. The minimum atomic E-state index is -0.558. The van der Waals surface area contributed by atoms with Gasteiger partial charge in [0.2, 0.25) is 0 Å². The van der Waals surface area contributed by atoms with E-state index in [1.54, 1.807) is 6.07 Å². The molecule has 0 amide bonds. The molecule has 0 atom stereocenters. The van der Waals surface area contributed by atoms with Crippen LogP contribution in [0.1, 0.15) is 106 Å². The van der Waals surface area contributed by atoms with Crippen LogP contribution in [0, 0.1) is 0 Å². The number of unbranched alkanes of at least 4 members (excludes halogenated alkanes) is 12. The molecule has 0 aliphatic rings. The maximum Gasteiger partial charge on any atom is 0.341 e. The molecule has 0 spiro atoms. The van der Waals surface area contributed by atoms with Crippen LogP contribution in [0.15, 0.2) is 12.1 Å². The number of aryl methyl sites for hydroxylation is 1. The fourth-order valence-electron chi connectivity index (χ4n) is 3.54. The molecule has 0 fully saturated rings. The van der Waals surface area contributed by atoms with Crippen molar-refractivity contribution < 1.29 is 19.7 Å². The molecule has 4 heteroatoms. The van der Waals surface area contributed by atoms with Gasteiger partial charge in [-0.1, -0.05) is 84.0 Å². The van der Waals surface area contributed by atoms with Crippen LogP contribution in [-0.4, -0.2) is 23.3 Å². The van der Waals surface area contributed by atoms with Crippen molar-refractivity contribution in [2.24, 2.45) is 0 Å². The zero-order chi connectivity index (χ0) is 19.9. The molecule has 0 saturated carbocycles. The number of methoxy groups -OCH3 is 1. The highest BCUT2D eigenvalue weighted by Crippen LogP contribution is 2.29. The molecule has 0 aromatic heterocycles. The molecule has 154 valence electrons. The minimum Gasteiger partial charge on any atom is -0.508 e. The Labute approximate surface area is 164 Å². The molecule has 1 rings (SSSR count). The molecule has 0 heterocycles. The van der Waals surface area contributed by atoms with Crippen molar-refractivity contribution in [3.05, 3.63) is 23.3 Å². The number of hydrogen-bond acceptors (Lipinski definition) is 4. The average molecular weight is 379 g/mol. The smallest absolute Gasteiger partial charge is 0.341 e. The average Bonchev–Trinajstić information content (AvgIpc) is 2.64. The SMILES string of the molecule is CCCCCCCCCCCCCCCc1cc(O)cc(O)c1C(=O)OC. The van der Waals surface area contributed by atoms with E-state index < -0.39 is 5.97 Å². The molecule has 0 radical (unpaired) electrons. The Kier molecular flexibility index (Phi) is 12.4. The lowest BCUT2D eigenvalue weighted by molar-refractivity contribution is 0.0596. The molecule has 0 bridgehead atoms. The van der Waals surface area contributed by atoms with Crippen molar-refractivity contribution >= 4 is 5.97 Å². The van der Waals surface area contributed by atoms with Gasteiger partial charge in [-0.15, -0.1) is 0 Å². The molecule has 27 heavy (non-hydrogen) atoms. The number of phenolic OH excluding ortho intramolecular Hbond substituents is 2. The van der Waals surface area contributed by atoms with Crippen LogP contribution in [0.25, 0.3) is 0 Å². The summed E-state index contributed by atoms with van der Waals surface area (Å²) in [6, 6.07) is 2.73. The van der Waals surface area contributed by atoms with E-state index in [1.807, 2.05) is 0 Å². The molecule has 1 aromatic carbocycles. The molecule has 0 aliphatic carbocycles. The molecule has 0 saturated heterocycles. The van der Waals surface area contributed by atoms with E-state index in [1.165, 1.54) is 83.8 Å². The maximum atomic E-state index is 11.8. The summed E-state index contributed by atoms with van der Waals surface area (Å²) < 4.78 is 4.74. The first-order valence-corrected chi connectivity index (χ1v) is 10.7. The number of phenols is 2. The summed E-state index contributed by atoms with van der Waals surface area (Å²) in [5.74, 6) is -0.798. The number of benzene rings is 1. The van der Waals surface area contributed by atoms with Gasteiger partial charge >= 0.3 is 5.97 Å². The summed E-state index contributed by atoms with van der Waals surface area (Å²) in [7, 11) is 1.30. The lowest BCUT2D eigenvalue weighted by atomic mass is 9.99. The van der Waals surface area contributed by atoms with Gasteiger partial charge in [0.1, 0.15) is 17.1 Å². The van der Waals surface area contributed by atoms with Crippen LogP contribution >= 0.6 is 0 Å². The Hall–Kier alpha value is -1.71. The molecule has 2 N–H and O–H groups in total. The fraction of sp³-hybridized carbons (Fsp3) is 0.696. The fourth-order valence-corrected chi connectivity index (χ4v) is 3.54. The van der Waals surface area contributed by atoms with Crippen LogP contribution in [0.3, 0.4) is 0 Å². The molecule has 1 aromatic rings. The number of carbonyl (C=O) groups excluding carboxylic acids is 1. The first kappa shape index (κ1) is 23.3. The first-order chi connectivity index (χ1) is 13.1. The second kappa shape index (κ2) is 14.4. The molecular weight excluding hydrogens is 340 g/mol. The third-order valence-corrected chi connectivity index (χ3v) is 5.12. The zero-order valence-electron chi connectivity index (χ0n) is 17.3. The Bertz CT molecular complexity index is 539. The standard InChI is InChI=1S/C23H38O4/c1-3-4-5-6-7-8-9-10-11-12-13-14-15-16-19-17-20(24)18-21(25)22(19)23(26)27-2/h17-18,24-25H,3-16H2,1-2H3. The summed E-state index contributed by atoms with van der Waals surface area (Å²) in [4.78, 5) is 11.8. The predicted molar refractivity (Wildman–Crippen MR) is 111 cm³/mol. The van der Waals surface area contributed by atoms with Crippen LogP contribution in [-0.2, 0) is 11.2 Å². The number of esters is 1. The highest BCUT2D eigenvalue weighted by Gasteiger charge is 2.18. The first-order valence-electron chi connectivity index (χ1n) is 10.7. The quantitative estimate of drug-likeness (QED) is 0.269. The van der Waals surface area contributed by atoms with Gasteiger partial charge in [0.25, 0.3) is 0 Å². The van der Waals surface area contributed by atoms with E-state index in [-0.39, 0.29) is 17.1 Å². The van der Waals surface area contributed by atoms with Gasteiger partial charge < -0.3 is 14.9 Å². The van der Waals surface area contributed by atoms with Gasteiger partial charge in [-0.05, 0) is 24.5 Å². The Morgan fingerprint density at radius 2 is 1.30 bits per heavy atom. The van der Waals surface area contributed by atoms with Gasteiger partial charge in [-0.2, -0.15) is 0 Å². The number of hydrogen-bond donors (Lipinski definition) is 2. The summed E-state index contributed by atoms with van der Waals surface area (Å²) in [5.41, 5.74) is 0.830. The highest BCUT2D eigenvalue weighted by atomic mass is 16.5. The minimum absolute atomic E-state index is 0.0233. The Balaban J connectivity index is 2.14. The Morgan fingerprint density at radius 1 is 0.815 bits per heavy atom. The van der Waals surface area contributed by atoms with E-state index in [0.717, 1.165) is 12.8 Å². The summed E-state index contributed by atoms with van der Waals surface area (Å²) in [6.45, 7) is 2.26. The molecule has 0 aliphatic heterocycles. The third kappa shape index (κ3) is 9.69. The maximum absolute atomic E-state index is 11.8. The number of carbonyl (C=O) groups is 1. The number of aromatic hydroxyl groups is 2. The topological polar surface area (TPSA) is 66.8 Å². The van der Waals surface area contributed by atoms with E-state index in [0.29, 0.717) is 12.0 Å². The van der Waals surface area contributed by atoms with E-state index in [4.69, 9.17) is 4.74 Å². The van der Waals surface area contributed by atoms with Gasteiger partial charge in [0.05, 0.1) is 7.11 Å². The second-order valence-corrected chi connectivity index (χ2v) is 7.48. The third-order valence-electron chi connectivity index (χ3n) is 5.12. The second-order valence-electron chi connectivity index (χ2n) is 7.48. The van der Waals surface area contributed by atoms with E-state index in [9.17, 15) is 15.0 Å². The normalized spacial score (nSPS) is 10.9. The lowest BCUT2D eigenvalue weighted by Gasteiger charge is -2.10. The highest BCUT2D eigenvalue weighted by molar-refractivity contribution is 5.94. The van der Waals surface area contributed by atoms with Crippen molar-refractivity contribution in [1.82, 2.24) is 0 Å². The van der Waals surface area contributed by atoms with E-state index >= 15 is 0 Å². The van der Waals surface area contributed by atoms with Crippen LogP contribution < -0.4 is 0 Å². The van der Waals surface area contributed by atoms with Gasteiger partial charge in [0.15, 0.2) is 0 Å². The van der Waals surface area contributed by atoms with Crippen LogP contribution in [0.5, 0.6) is 11.5 Å². The van der Waals surface area contributed by atoms with Gasteiger partial charge in [-0.3, -0.25) is 0 Å². The lowest BCUT2D eigenvalue weighted by Crippen LogP contribution is -2.06. The number of ether oxygens (including phenoxy) is 1. The van der Waals surface area contributed by atoms with Gasteiger partial charge in [-0.25, -0.2) is 4.79 Å². The summed E-state index contributed by atoms with van der Waals surface area (Å²) >= 11 is 0. The van der Waals surface area contributed by atoms with Crippen molar-refractivity contribution in [3.63, 3.8) is 0 Å². The van der Waals surface area contributed by atoms with Crippen molar-refractivity contribution in [1.29, 1.82) is 0 Å². The summed E-state index contributed by atoms with van der Waals surface area (Å²) in [5, 5.41) is 19.6. The van der Waals surface area contributed by atoms with Crippen molar-refractivity contribution in [3.8, 4) is 11.5 Å². The van der Waals surface area contributed by atoms with Crippen molar-refractivity contribution in [2.45, 2.75) is 96.8 Å². The molecular formula is C23H38O4. The zero-order valence-corrected chi connectivity index (χ0v) is 17.3.